The minimum Gasteiger partial charge on any atom is -0.355 e. The van der Waals surface area contributed by atoms with Gasteiger partial charge in [-0.2, -0.15) is 0 Å². The van der Waals surface area contributed by atoms with Crippen LogP contribution in [0, 0.1) is 0 Å². The molecule has 0 bridgehead atoms. The van der Waals surface area contributed by atoms with Gasteiger partial charge in [0.1, 0.15) is 5.78 Å². The first-order valence-electron chi connectivity index (χ1n) is 5.72. The third-order valence-corrected chi connectivity index (χ3v) is 3.22. The highest BCUT2D eigenvalue weighted by Gasteiger charge is 2.27. The monoisotopic (exact) mass is 223 g/mol. The lowest BCUT2D eigenvalue weighted by atomic mass is 9.83. The zero-order valence-corrected chi connectivity index (χ0v) is 9.60. The van der Waals surface area contributed by atoms with Crippen molar-refractivity contribution < 1.29 is 4.79 Å². The lowest BCUT2D eigenvalue weighted by molar-refractivity contribution is -0.117. The molecular weight excluding hydrogens is 210 g/mol. The van der Waals surface area contributed by atoms with Gasteiger partial charge in [-0.1, -0.05) is 36.4 Å². The van der Waals surface area contributed by atoms with Crippen LogP contribution >= 0.6 is 0 Å². The van der Waals surface area contributed by atoms with Crippen molar-refractivity contribution >= 4 is 17.2 Å². The Bertz CT molecular complexity index is 543. The van der Waals surface area contributed by atoms with E-state index >= 15 is 0 Å². The number of carbonyl (C=O) groups is 1. The van der Waals surface area contributed by atoms with E-state index in [-0.39, 0.29) is 11.7 Å². The van der Waals surface area contributed by atoms with Crippen LogP contribution < -0.4 is 5.32 Å². The number of fused-ring (bicyclic) bond motifs is 2. The summed E-state index contributed by atoms with van der Waals surface area (Å²) >= 11 is 0. The molecule has 0 atom stereocenters. The molecule has 0 spiro atoms. The molecule has 0 aromatic heterocycles. The second-order valence-electron chi connectivity index (χ2n) is 4.34. The number of Topliss-reactive ketones (excluding diaryl/α,β-unsaturated/α-hetero) is 1. The lowest BCUT2D eigenvalue weighted by Crippen LogP contribution is -2.18. The molecule has 0 radical (unpaired) electrons. The molecule has 2 heteroatoms. The van der Waals surface area contributed by atoms with Gasteiger partial charge in [0.2, 0.25) is 0 Å². The van der Waals surface area contributed by atoms with Crippen LogP contribution in [0.25, 0.3) is 0 Å². The molecule has 0 amide bonds. The standard InChI is InChI=1S/C15H13NO/c1-10(17)15-11-6-2-4-8-13(11)16-14-9-5-3-7-12(14)15/h2-9,15-16H,1H3. The van der Waals surface area contributed by atoms with Crippen molar-refractivity contribution in [3.63, 3.8) is 0 Å². The largest absolute Gasteiger partial charge is 0.355 e. The number of rotatable bonds is 1. The van der Waals surface area contributed by atoms with Gasteiger partial charge in [0.05, 0.1) is 5.92 Å². The van der Waals surface area contributed by atoms with E-state index in [1.165, 1.54) is 0 Å². The summed E-state index contributed by atoms with van der Waals surface area (Å²) in [5, 5.41) is 3.37. The number of hydrogen-bond donors (Lipinski definition) is 1. The molecular formula is C15H13NO. The van der Waals surface area contributed by atoms with Gasteiger partial charge in [0.15, 0.2) is 0 Å². The van der Waals surface area contributed by atoms with Crippen LogP contribution in [0.15, 0.2) is 48.5 Å². The number of nitrogens with one attached hydrogen (secondary N) is 1. The van der Waals surface area contributed by atoms with Gasteiger partial charge >= 0.3 is 0 Å². The molecule has 3 rings (SSSR count). The number of anilines is 2. The summed E-state index contributed by atoms with van der Waals surface area (Å²) in [6.07, 6.45) is 0. The van der Waals surface area contributed by atoms with Crippen LogP contribution in [0.4, 0.5) is 11.4 Å². The smallest absolute Gasteiger partial charge is 0.141 e. The lowest BCUT2D eigenvalue weighted by Gasteiger charge is -2.27. The van der Waals surface area contributed by atoms with Gasteiger partial charge < -0.3 is 5.32 Å². The molecule has 0 unspecified atom stereocenters. The van der Waals surface area contributed by atoms with Crippen molar-refractivity contribution in [2.24, 2.45) is 0 Å². The van der Waals surface area contributed by atoms with Crippen LogP contribution in [0.2, 0.25) is 0 Å². The molecule has 0 saturated heterocycles. The summed E-state index contributed by atoms with van der Waals surface area (Å²) in [5.74, 6) is 0.0510. The highest BCUT2D eigenvalue weighted by molar-refractivity contribution is 5.93. The Hall–Kier alpha value is -2.09. The van der Waals surface area contributed by atoms with Crippen LogP contribution in [0.3, 0.4) is 0 Å². The van der Waals surface area contributed by atoms with Crippen molar-refractivity contribution in [3.05, 3.63) is 59.7 Å². The Morgan fingerprint density at radius 1 is 0.941 bits per heavy atom. The maximum Gasteiger partial charge on any atom is 0.141 e. The van der Waals surface area contributed by atoms with Crippen molar-refractivity contribution in [1.82, 2.24) is 0 Å². The van der Waals surface area contributed by atoms with Crippen molar-refractivity contribution in [3.8, 4) is 0 Å². The van der Waals surface area contributed by atoms with Gasteiger partial charge in [0, 0.05) is 11.4 Å². The Kier molecular flexibility index (Phi) is 2.22. The Labute approximate surface area is 100 Å². The van der Waals surface area contributed by atoms with E-state index in [0.717, 1.165) is 22.5 Å². The van der Waals surface area contributed by atoms with E-state index in [4.69, 9.17) is 0 Å². The zero-order valence-electron chi connectivity index (χ0n) is 9.60. The molecule has 0 aliphatic carbocycles. The highest BCUT2D eigenvalue weighted by Crippen LogP contribution is 2.41. The summed E-state index contributed by atoms with van der Waals surface area (Å²) in [6.45, 7) is 1.66. The summed E-state index contributed by atoms with van der Waals surface area (Å²) < 4.78 is 0. The van der Waals surface area contributed by atoms with E-state index < -0.39 is 0 Å². The first-order chi connectivity index (χ1) is 8.27. The van der Waals surface area contributed by atoms with E-state index in [1.807, 2.05) is 48.5 Å². The number of benzene rings is 2. The van der Waals surface area contributed by atoms with E-state index in [2.05, 4.69) is 5.32 Å². The molecule has 2 nitrogen and oxygen atoms in total. The number of ketones is 1. The van der Waals surface area contributed by atoms with E-state index in [1.54, 1.807) is 6.92 Å². The molecule has 1 heterocycles. The van der Waals surface area contributed by atoms with Crippen LogP contribution in [0.1, 0.15) is 24.0 Å². The molecule has 1 aliphatic heterocycles. The summed E-state index contributed by atoms with van der Waals surface area (Å²) in [5.41, 5.74) is 4.20. The first-order valence-corrected chi connectivity index (χ1v) is 5.72. The fraction of sp³-hybridized carbons (Fsp3) is 0.133. The van der Waals surface area contributed by atoms with Gasteiger partial charge in [-0.25, -0.2) is 0 Å². The topological polar surface area (TPSA) is 29.1 Å². The third-order valence-electron chi connectivity index (χ3n) is 3.22. The molecule has 2 aromatic rings. The minimum absolute atomic E-state index is 0.136. The quantitative estimate of drug-likeness (QED) is 0.802. The average Bonchev–Trinajstić information content (AvgIpc) is 2.35. The molecule has 0 saturated carbocycles. The third kappa shape index (κ3) is 1.53. The normalized spacial score (nSPS) is 13.5. The number of carbonyl (C=O) groups excluding carboxylic acids is 1. The Balaban J connectivity index is 2.24. The van der Waals surface area contributed by atoms with E-state index in [0.29, 0.717) is 0 Å². The minimum atomic E-state index is -0.136. The Morgan fingerprint density at radius 2 is 1.41 bits per heavy atom. The predicted molar refractivity (Wildman–Crippen MR) is 68.7 cm³/mol. The SMILES string of the molecule is CC(=O)C1c2ccccc2Nc2ccccc21. The summed E-state index contributed by atoms with van der Waals surface area (Å²) in [7, 11) is 0. The van der Waals surface area contributed by atoms with Gasteiger partial charge in [0.25, 0.3) is 0 Å². The van der Waals surface area contributed by atoms with Gasteiger partial charge in [-0.3, -0.25) is 4.79 Å². The maximum atomic E-state index is 11.9. The zero-order chi connectivity index (χ0) is 11.8. The molecule has 1 aliphatic rings. The summed E-state index contributed by atoms with van der Waals surface area (Å²) in [4.78, 5) is 11.9. The summed E-state index contributed by atoms with van der Waals surface area (Å²) in [6, 6.07) is 16.0. The number of para-hydroxylation sites is 2. The van der Waals surface area contributed by atoms with Crippen molar-refractivity contribution in [1.29, 1.82) is 0 Å². The van der Waals surface area contributed by atoms with Crippen LogP contribution in [-0.4, -0.2) is 5.78 Å². The predicted octanol–water partition coefficient (Wildman–Crippen LogP) is 3.46. The van der Waals surface area contributed by atoms with Gasteiger partial charge in [-0.05, 0) is 30.2 Å². The molecule has 2 aromatic carbocycles. The van der Waals surface area contributed by atoms with Crippen LogP contribution in [-0.2, 0) is 4.79 Å². The number of hydrogen-bond acceptors (Lipinski definition) is 2. The van der Waals surface area contributed by atoms with Gasteiger partial charge in [-0.15, -0.1) is 0 Å². The highest BCUT2D eigenvalue weighted by atomic mass is 16.1. The first kappa shape index (κ1) is 10.1. The van der Waals surface area contributed by atoms with Crippen molar-refractivity contribution in [2.45, 2.75) is 12.8 Å². The Morgan fingerprint density at radius 3 is 1.88 bits per heavy atom. The molecule has 0 fully saturated rings. The molecule has 17 heavy (non-hydrogen) atoms. The molecule has 1 N–H and O–H groups in total. The second-order valence-corrected chi connectivity index (χ2v) is 4.34. The van der Waals surface area contributed by atoms with Crippen LogP contribution in [0.5, 0.6) is 0 Å². The van der Waals surface area contributed by atoms with Crippen molar-refractivity contribution in [2.75, 3.05) is 5.32 Å². The fourth-order valence-corrected chi connectivity index (χ4v) is 2.48. The van der Waals surface area contributed by atoms with E-state index in [9.17, 15) is 4.79 Å². The fourth-order valence-electron chi connectivity index (χ4n) is 2.48. The average molecular weight is 223 g/mol. The molecule has 84 valence electrons. The maximum absolute atomic E-state index is 11.9. The second kappa shape index (κ2) is 3.74.